The molecular formula is C10H16N2O. The lowest BCUT2D eigenvalue weighted by molar-refractivity contribution is 0.0943. The van der Waals surface area contributed by atoms with Crippen molar-refractivity contribution in [3.05, 3.63) is 18.0 Å². The Hall–Kier alpha value is -0.830. The summed E-state index contributed by atoms with van der Waals surface area (Å²) in [5, 5.41) is 16.3. The van der Waals surface area contributed by atoms with Crippen LogP contribution in [0.2, 0.25) is 0 Å². The van der Waals surface area contributed by atoms with E-state index in [1.54, 1.807) is 12.4 Å². The van der Waals surface area contributed by atoms with Crippen LogP contribution >= 0.6 is 0 Å². The smallest absolute Gasteiger partial charge is 0.0823 e. The number of aliphatic hydroxyl groups is 1. The van der Waals surface area contributed by atoms with Gasteiger partial charge in [0.2, 0.25) is 0 Å². The molecule has 1 aromatic rings. The topological polar surface area (TPSA) is 48.9 Å². The number of aromatic nitrogens is 2. The molecule has 3 heteroatoms. The van der Waals surface area contributed by atoms with Crippen molar-refractivity contribution in [3.63, 3.8) is 0 Å². The molecule has 1 saturated carbocycles. The van der Waals surface area contributed by atoms with Crippen LogP contribution in [0.3, 0.4) is 0 Å². The number of H-pyrrole nitrogens is 1. The zero-order chi connectivity index (χ0) is 9.26. The molecule has 13 heavy (non-hydrogen) atoms. The molecule has 0 bridgehead atoms. The fourth-order valence-electron chi connectivity index (χ4n) is 2.16. The summed E-state index contributed by atoms with van der Waals surface area (Å²) < 4.78 is 0. The predicted molar refractivity (Wildman–Crippen MR) is 50.1 cm³/mol. The monoisotopic (exact) mass is 180 g/mol. The fraction of sp³-hybridized carbons (Fsp3) is 0.700. The standard InChI is InChI=1S/C10H16N2O/c1-7-2-8(3-7)4-10(13)9-5-11-12-6-9/h5-8,10,13H,2-4H2,1H3,(H,11,12). The molecule has 2 rings (SSSR count). The van der Waals surface area contributed by atoms with Crippen LogP contribution in [0.25, 0.3) is 0 Å². The highest BCUT2D eigenvalue weighted by atomic mass is 16.3. The normalized spacial score (nSPS) is 29.7. The molecule has 0 radical (unpaired) electrons. The maximum absolute atomic E-state index is 9.77. The highest BCUT2D eigenvalue weighted by molar-refractivity contribution is 5.06. The SMILES string of the molecule is CC1CC(CC(O)c2cn[nH]c2)C1. The second-order valence-electron chi connectivity index (χ2n) is 4.23. The number of hydrogen-bond acceptors (Lipinski definition) is 2. The van der Waals surface area contributed by atoms with Crippen LogP contribution in [-0.2, 0) is 0 Å². The molecule has 0 amide bonds. The molecule has 1 aliphatic rings. The van der Waals surface area contributed by atoms with E-state index in [1.165, 1.54) is 12.8 Å². The third-order valence-corrected chi connectivity index (χ3v) is 2.93. The van der Waals surface area contributed by atoms with E-state index in [1.807, 2.05) is 0 Å². The summed E-state index contributed by atoms with van der Waals surface area (Å²) in [5.41, 5.74) is 0.916. The summed E-state index contributed by atoms with van der Waals surface area (Å²) in [7, 11) is 0. The van der Waals surface area contributed by atoms with Crippen molar-refractivity contribution in [3.8, 4) is 0 Å². The Labute approximate surface area is 78.2 Å². The minimum atomic E-state index is -0.323. The number of nitrogens with zero attached hydrogens (tertiary/aromatic N) is 1. The lowest BCUT2D eigenvalue weighted by Gasteiger charge is -2.33. The van der Waals surface area contributed by atoms with E-state index in [2.05, 4.69) is 17.1 Å². The van der Waals surface area contributed by atoms with Gasteiger partial charge in [0, 0.05) is 11.8 Å². The van der Waals surface area contributed by atoms with E-state index in [9.17, 15) is 5.11 Å². The van der Waals surface area contributed by atoms with Crippen molar-refractivity contribution >= 4 is 0 Å². The number of rotatable bonds is 3. The highest BCUT2D eigenvalue weighted by Gasteiger charge is 2.27. The molecule has 0 aromatic carbocycles. The van der Waals surface area contributed by atoms with E-state index >= 15 is 0 Å². The molecule has 72 valence electrons. The first-order valence-corrected chi connectivity index (χ1v) is 4.92. The average molecular weight is 180 g/mol. The van der Waals surface area contributed by atoms with Crippen LogP contribution in [0, 0.1) is 11.8 Å². The van der Waals surface area contributed by atoms with Gasteiger partial charge >= 0.3 is 0 Å². The molecule has 2 N–H and O–H groups in total. The van der Waals surface area contributed by atoms with Gasteiger partial charge in [-0.15, -0.1) is 0 Å². The van der Waals surface area contributed by atoms with Gasteiger partial charge in [0.25, 0.3) is 0 Å². The molecule has 1 heterocycles. The van der Waals surface area contributed by atoms with Gasteiger partial charge in [-0.3, -0.25) is 5.10 Å². The fourth-order valence-corrected chi connectivity index (χ4v) is 2.16. The van der Waals surface area contributed by atoms with Gasteiger partial charge in [-0.25, -0.2) is 0 Å². The maximum atomic E-state index is 9.77. The van der Waals surface area contributed by atoms with Crippen molar-refractivity contribution in [1.29, 1.82) is 0 Å². The van der Waals surface area contributed by atoms with Crippen LogP contribution in [0.4, 0.5) is 0 Å². The minimum absolute atomic E-state index is 0.323. The Bertz CT molecular complexity index is 252. The third-order valence-electron chi connectivity index (χ3n) is 2.93. The molecule has 1 aliphatic carbocycles. The summed E-state index contributed by atoms with van der Waals surface area (Å²) in [4.78, 5) is 0. The highest BCUT2D eigenvalue weighted by Crippen LogP contribution is 2.38. The lowest BCUT2D eigenvalue weighted by Crippen LogP contribution is -2.22. The van der Waals surface area contributed by atoms with E-state index in [4.69, 9.17) is 0 Å². The second-order valence-corrected chi connectivity index (χ2v) is 4.23. The van der Waals surface area contributed by atoms with Crippen LogP contribution in [0.5, 0.6) is 0 Å². The summed E-state index contributed by atoms with van der Waals surface area (Å²) in [6.07, 6.45) is 6.59. The van der Waals surface area contributed by atoms with E-state index in [0.29, 0.717) is 0 Å². The zero-order valence-electron chi connectivity index (χ0n) is 7.90. The second kappa shape index (κ2) is 3.50. The van der Waals surface area contributed by atoms with Crippen molar-refractivity contribution in [1.82, 2.24) is 10.2 Å². The van der Waals surface area contributed by atoms with E-state index < -0.39 is 0 Å². The maximum Gasteiger partial charge on any atom is 0.0823 e. The number of aromatic amines is 1. The molecule has 0 aliphatic heterocycles. The zero-order valence-corrected chi connectivity index (χ0v) is 7.90. The summed E-state index contributed by atoms with van der Waals surface area (Å²) in [6.45, 7) is 2.26. The van der Waals surface area contributed by atoms with Gasteiger partial charge in [-0.2, -0.15) is 5.10 Å². The average Bonchev–Trinajstić information content (AvgIpc) is 2.53. The van der Waals surface area contributed by atoms with Gasteiger partial charge in [0.05, 0.1) is 12.3 Å². The number of hydrogen-bond donors (Lipinski definition) is 2. The van der Waals surface area contributed by atoms with Crippen LogP contribution in [-0.4, -0.2) is 15.3 Å². The van der Waals surface area contributed by atoms with Gasteiger partial charge < -0.3 is 5.11 Å². The Morgan fingerprint density at radius 1 is 1.69 bits per heavy atom. The third kappa shape index (κ3) is 1.91. The number of aliphatic hydroxyl groups excluding tert-OH is 1. The molecule has 0 saturated heterocycles. The molecule has 1 fully saturated rings. The first-order chi connectivity index (χ1) is 6.25. The van der Waals surface area contributed by atoms with Crippen molar-refractivity contribution in [2.45, 2.75) is 32.3 Å². The minimum Gasteiger partial charge on any atom is -0.388 e. The van der Waals surface area contributed by atoms with Gasteiger partial charge in [0.1, 0.15) is 0 Å². The Kier molecular flexibility index (Phi) is 2.36. The Balaban J connectivity index is 1.82. The van der Waals surface area contributed by atoms with Crippen molar-refractivity contribution in [2.75, 3.05) is 0 Å². The first-order valence-electron chi connectivity index (χ1n) is 4.92. The summed E-state index contributed by atoms with van der Waals surface area (Å²) in [5.74, 6) is 1.58. The largest absolute Gasteiger partial charge is 0.388 e. The molecule has 1 atom stereocenters. The number of nitrogens with one attached hydrogen (secondary N) is 1. The van der Waals surface area contributed by atoms with Gasteiger partial charge in [-0.05, 0) is 31.1 Å². The molecule has 0 spiro atoms. The molecule has 1 unspecified atom stereocenters. The van der Waals surface area contributed by atoms with Gasteiger partial charge in [-0.1, -0.05) is 6.92 Å². The van der Waals surface area contributed by atoms with Crippen LogP contribution in [0.15, 0.2) is 12.4 Å². The lowest BCUT2D eigenvalue weighted by atomic mass is 9.73. The van der Waals surface area contributed by atoms with Crippen LogP contribution < -0.4 is 0 Å². The Morgan fingerprint density at radius 2 is 2.46 bits per heavy atom. The summed E-state index contributed by atoms with van der Waals surface area (Å²) in [6, 6.07) is 0. The quantitative estimate of drug-likeness (QED) is 0.746. The van der Waals surface area contributed by atoms with Crippen LogP contribution in [0.1, 0.15) is 37.9 Å². The molecular weight excluding hydrogens is 164 g/mol. The van der Waals surface area contributed by atoms with Crippen molar-refractivity contribution in [2.24, 2.45) is 11.8 Å². The van der Waals surface area contributed by atoms with Crippen molar-refractivity contribution < 1.29 is 5.11 Å². The van der Waals surface area contributed by atoms with E-state index in [-0.39, 0.29) is 6.10 Å². The summed E-state index contributed by atoms with van der Waals surface area (Å²) >= 11 is 0. The van der Waals surface area contributed by atoms with Gasteiger partial charge in [0.15, 0.2) is 0 Å². The van der Waals surface area contributed by atoms with E-state index in [0.717, 1.165) is 23.8 Å². The molecule has 1 aromatic heterocycles. The Morgan fingerprint density at radius 3 is 3.00 bits per heavy atom. The first kappa shape index (κ1) is 8.75. The molecule has 3 nitrogen and oxygen atoms in total. The predicted octanol–water partition coefficient (Wildman–Crippen LogP) is 1.88.